The van der Waals surface area contributed by atoms with E-state index in [1.165, 1.54) is 5.56 Å². The highest BCUT2D eigenvalue weighted by atomic mass is 79.9. The molecular weight excluding hydrogens is 308 g/mol. The van der Waals surface area contributed by atoms with Crippen LogP contribution in [0, 0.1) is 0 Å². The molecule has 2 nitrogen and oxygen atoms in total. The maximum absolute atomic E-state index is 5.85. The van der Waals surface area contributed by atoms with Crippen LogP contribution in [-0.2, 0) is 6.54 Å². The summed E-state index contributed by atoms with van der Waals surface area (Å²) in [5, 5.41) is 2.67. The summed E-state index contributed by atoms with van der Waals surface area (Å²) in [4.78, 5) is 6.11. The number of hydrogen-bond donors (Lipinski definition) is 0. The summed E-state index contributed by atoms with van der Waals surface area (Å²) >= 11 is 11.0. The van der Waals surface area contributed by atoms with E-state index in [0.29, 0.717) is 5.15 Å². The van der Waals surface area contributed by atoms with Crippen LogP contribution in [0.25, 0.3) is 0 Å². The molecule has 0 saturated heterocycles. The molecule has 0 atom stereocenters. The third kappa shape index (κ3) is 2.97. The Morgan fingerprint density at radius 3 is 2.94 bits per heavy atom. The number of nitrogens with zero attached hydrogens (tertiary/aromatic N) is 2. The zero-order valence-electron chi connectivity index (χ0n) is 8.65. The summed E-state index contributed by atoms with van der Waals surface area (Å²) in [7, 11) is 2.04. The minimum atomic E-state index is 0.524. The van der Waals surface area contributed by atoms with Crippen LogP contribution in [0.4, 0.5) is 5.69 Å². The van der Waals surface area contributed by atoms with Crippen molar-refractivity contribution in [2.45, 2.75) is 6.54 Å². The lowest BCUT2D eigenvalue weighted by atomic mass is 10.3. The molecule has 0 fully saturated rings. The van der Waals surface area contributed by atoms with Gasteiger partial charge in [0.25, 0.3) is 0 Å². The predicted octanol–water partition coefficient (Wildman–Crippen LogP) is 4.20. The van der Waals surface area contributed by atoms with Crippen molar-refractivity contribution in [3.05, 3.63) is 44.3 Å². The van der Waals surface area contributed by atoms with Crippen LogP contribution in [0.5, 0.6) is 0 Å². The first-order chi connectivity index (χ1) is 7.65. The van der Waals surface area contributed by atoms with Crippen molar-refractivity contribution in [2.24, 2.45) is 0 Å². The number of pyridine rings is 1. The molecule has 0 aliphatic heterocycles. The molecule has 0 bridgehead atoms. The lowest BCUT2D eigenvalue weighted by molar-refractivity contribution is 0.925. The number of anilines is 1. The number of hydrogen-bond acceptors (Lipinski definition) is 3. The second kappa shape index (κ2) is 5.17. The molecule has 0 radical (unpaired) electrons. The highest BCUT2D eigenvalue weighted by molar-refractivity contribution is 9.11. The average molecular weight is 318 g/mol. The third-order valence-corrected chi connectivity index (χ3v) is 3.95. The average Bonchev–Trinajstić information content (AvgIpc) is 2.64. The smallest absolute Gasteiger partial charge is 0.131 e. The van der Waals surface area contributed by atoms with Crippen LogP contribution in [0.2, 0.25) is 5.15 Å². The van der Waals surface area contributed by atoms with Crippen LogP contribution < -0.4 is 4.90 Å². The summed E-state index contributed by atoms with van der Waals surface area (Å²) in [6.07, 6.45) is 1.72. The standard InChI is InChI=1S/C11H10BrClN2S/c1-15(6-8-4-10(12)16-7-8)9-2-3-14-11(13)5-9/h2-5,7H,6H2,1H3. The van der Waals surface area contributed by atoms with Crippen molar-refractivity contribution in [3.63, 3.8) is 0 Å². The van der Waals surface area contributed by atoms with E-state index in [1.54, 1.807) is 17.5 Å². The van der Waals surface area contributed by atoms with Crippen LogP contribution in [0.15, 0.2) is 33.6 Å². The van der Waals surface area contributed by atoms with Gasteiger partial charge in [0.2, 0.25) is 0 Å². The molecule has 0 aliphatic rings. The third-order valence-electron chi connectivity index (χ3n) is 2.19. The van der Waals surface area contributed by atoms with Crippen LogP contribution in [-0.4, -0.2) is 12.0 Å². The fourth-order valence-corrected chi connectivity index (χ4v) is 2.79. The Balaban J connectivity index is 2.11. The van der Waals surface area contributed by atoms with Crippen molar-refractivity contribution >= 4 is 44.6 Å². The lowest BCUT2D eigenvalue weighted by Gasteiger charge is -2.18. The first-order valence-corrected chi connectivity index (χ1v) is 6.76. The quantitative estimate of drug-likeness (QED) is 0.789. The first-order valence-electron chi connectivity index (χ1n) is 4.71. The fourth-order valence-electron chi connectivity index (χ4n) is 1.42. The molecule has 0 N–H and O–H groups in total. The fraction of sp³-hybridized carbons (Fsp3) is 0.182. The van der Waals surface area contributed by atoms with Gasteiger partial charge in [0.1, 0.15) is 5.15 Å². The van der Waals surface area contributed by atoms with Gasteiger partial charge in [0.15, 0.2) is 0 Å². The van der Waals surface area contributed by atoms with Gasteiger partial charge in [0, 0.05) is 25.5 Å². The van der Waals surface area contributed by atoms with Gasteiger partial charge in [-0.05, 0) is 45.1 Å². The van der Waals surface area contributed by atoms with Gasteiger partial charge in [-0.1, -0.05) is 11.6 Å². The largest absolute Gasteiger partial charge is 0.370 e. The highest BCUT2D eigenvalue weighted by Crippen LogP contribution is 2.23. The number of aromatic nitrogens is 1. The molecule has 2 heterocycles. The first kappa shape index (κ1) is 11.9. The minimum absolute atomic E-state index is 0.524. The van der Waals surface area contributed by atoms with E-state index < -0.39 is 0 Å². The van der Waals surface area contributed by atoms with Gasteiger partial charge >= 0.3 is 0 Å². The summed E-state index contributed by atoms with van der Waals surface area (Å²) in [6, 6.07) is 5.94. The Kier molecular flexibility index (Phi) is 3.84. The Bertz CT molecular complexity index is 486. The molecule has 0 aliphatic carbocycles. The van der Waals surface area contributed by atoms with Crippen LogP contribution in [0.3, 0.4) is 0 Å². The molecule has 0 aromatic carbocycles. The van der Waals surface area contributed by atoms with Gasteiger partial charge in [0.05, 0.1) is 3.79 Å². The van der Waals surface area contributed by atoms with E-state index in [1.807, 2.05) is 19.2 Å². The Hall–Kier alpha value is -0.580. The molecule has 84 valence electrons. The molecule has 0 amide bonds. The van der Waals surface area contributed by atoms with Gasteiger partial charge in [-0.15, -0.1) is 11.3 Å². The molecule has 0 unspecified atom stereocenters. The lowest BCUT2D eigenvalue weighted by Crippen LogP contribution is -2.15. The zero-order chi connectivity index (χ0) is 11.5. The number of rotatable bonds is 3. The minimum Gasteiger partial charge on any atom is -0.370 e. The number of thiophene rings is 1. The van der Waals surface area contributed by atoms with E-state index in [9.17, 15) is 0 Å². The summed E-state index contributed by atoms with van der Waals surface area (Å²) < 4.78 is 1.16. The van der Waals surface area contributed by atoms with E-state index in [0.717, 1.165) is 16.0 Å². The molecule has 0 spiro atoms. The SMILES string of the molecule is CN(Cc1csc(Br)c1)c1ccnc(Cl)c1. The van der Waals surface area contributed by atoms with E-state index in [2.05, 4.69) is 37.3 Å². The zero-order valence-corrected chi connectivity index (χ0v) is 11.8. The van der Waals surface area contributed by atoms with Gasteiger partial charge in [-0.3, -0.25) is 0 Å². The summed E-state index contributed by atoms with van der Waals surface area (Å²) in [5.74, 6) is 0. The Labute approximate surface area is 112 Å². The highest BCUT2D eigenvalue weighted by Gasteiger charge is 2.04. The van der Waals surface area contributed by atoms with Crippen molar-refractivity contribution in [1.82, 2.24) is 4.98 Å². The molecule has 0 saturated carbocycles. The number of halogens is 2. The summed E-state index contributed by atoms with van der Waals surface area (Å²) in [5.41, 5.74) is 2.36. The monoisotopic (exact) mass is 316 g/mol. The molecule has 2 aromatic rings. The van der Waals surface area contributed by atoms with Gasteiger partial charge in [-0.2, -0.15) is 0 Å². The maximum Gasteiger partial charge on any atom is 0.131 e. The topological polar surface area (TPSA) is 16.1 Å². The van der Waals surface area contributed by atoms with Crippen LogP contribution in [0.1, 0.15) is 5.56 Å². The molecular formula is C11H10BrClN2S. The normalized spacial score (nSPS) is 10.4. The van der Waals surface area contributed by atoms with Crippen molar-refractivity contribution < 1.29 is 0 Å². The predicted molar refractivity (Wildman–Crippen MR) is 73.4 cm³/mol. The van der Waals surface area contributed by atoms with Crippen molar-refractivity contribution in [3.8, 4) is 0 Å². The second-order valence-corrected chi connectivity index (χ2v) is 6.13. The van der Waals surface area contributed by atoms with Gasteiger partial charge < -0.3 is 4.90 Å². The molecule has 5 heteroatoms. The van der Waals surface area contributed by atoms with Crippen molar-refractivity contribution in [1.29, 1.82) is 0 Å². The maximum atomic E-state index is 5.85. The molecule has 2 rings (SSSR count). The van der Waals surface area contributed by atoms with Crippen LogP contribution >= 0.6 is 38.9 Å². The Morgan fingerprint density at radius 2 is 2.31 bits per heavy atom. The van der Waals surface area contributed by atoms with E-state index >= 15 is 0 Å². The molecule has 2 aromatic heterocycles. The van der Waals surface area contributed by atoms with E-state index in [4.69, 9.17) is 11.6 Å². The summed E-state index contributed by atoms with van der Waals surface area (Å²) in [6.45, 7) is 0.864. The van der Waals surface area contributed by atoms with Crippen molar-refractivity contribution in [2.75, 3.05) is 11.9 Å². The Morgan fingerprint density at radius 1 is 1.50 bits per heavy atom. The second-order valence-electron chi connectivity index (χ2n) is 3.45. The molecule has 16 heavy (non-hydrogen) atoms. The van der Waals surface area contributed by atoms with E-state index in [-0.39, 0.29) is 0 Å². The van der Waals surface area contributed by atoms with Gasteiger partial charge in [-0.25, -0.2) is 4.98 Å².